The smallest absolute Gasteiger partial charge is 0.237 e. The molecule has 0 saturated heterocycles. The Kier molecular flexibility index (Phi) is 3.50. The van der Waals surface area contributed by atoms with Crippen LogP contribution in [0.3, 0.4) is 0 Å². The lowest BCUT2D eigenvalue weighted by molar-refractivity contribution is -0.126. The van der Waals surface area contributed by atoms with Crippen molar-refractivity contribution in [3.8, 4) is 0 Å². The summed E-state index contributed by atoms with van der Waals surface area (Å²) < 4.78 is 0. The third-order valence-electron chi connectivity index (χ3n) is 3.61. The summed E-state index contributed by atoms with van der Waals surface area (Å²) in [6.07, 6.45) is 4.25. The number of nitrogens with one attached hydrogen (secondary N) is 1. The number of likely N-dealkylation sites (N-methyl/N-ethyl adjacent to an activating group) is 1. The number of aliphatic hydroxyl groups excluding tert-OH is 1. The number of carbonyl (C=O) groups excluding carboxylic acids is 1. The highest BCUT2D eigenvalue weighted by Gasteiger charge is 2.32. The van der Waals surface area contributed by atoms with Gasteiger partial charge in [-0.1, -0.05) is 0 Å². The summed E-state index contributed by atoms with van der Waals surface area (Å²) in [6.45, 7) is 2.50. The molecule has 1 amide bonds. The van der Waals surface area contributed by atoms with Gasteiger partial charge in [-0.15, -0.1) is 0 Å². The van der Waals surface area contributed by atoms with E-state index in [4.69, 9.17) is 0 Å². The lowest BCUT2D eigenvalue weighted by Gasteiger charge is -2.26. The van der Waals surface area contributed by atoms with E-state index < -0.39 is 0 Å². The zero-order valence-electron chi connectivity index (χ0n) is 10.1. The molecule has 2 saturated carbocycles. The van der Waals surface area contributed by atoms with Gasteiger partial charge in [-0.3, -0.25) is 9.69 Å². The van der Waals surface area contributed by atoms with Crippen LogP contribution in [0.4, 0.5) is 0 Å². The summed E-state index contributed by atoms with van der Waals surface area (Å²) in [4.78, 5) is 13.7. The van der Waals surface area contributed by atoms with Crippen molar-refractivity contribution < 1.29 is 9.90 Å². The normalized spacial score (nSPS) is 24.2. The molecule has 0 radical (unpaired) electrons. The molecule has 0 aromatic carbocycles. The maximum Gasteiger partial charge on any atom is 0.237 e. The average molecular weight is 226 g/mol. The number of hydrogen-bond acceptors (Lipinski definition) is 3. The van der Waals surface area contributed by atoms with Crippen molar-refractivity contribution in [2.45, 2.75) is 50.8 Å². The first kappa shape index (κ1) is 11.9. The Balaban J connectivity index is 1.72. The van der Waals surface area contributed by atoms with Crippen molar-refractivity contribution in [2.75, 3.05) is 13.6 Å². The van der Waals surface area contributed by atoms with Gasteiger partial charge < -0.3 is 10.4 Å². The first-order valence-electron chi connectivity index (χ1n) is 6.26. The molecule has 0 heterocycles. The Bertz CT molecular complexity index is 262. The van der Waals surface area contributed by atoms with E-state index in [2.05, 4.69) is 5.32 Å². The number of amides is 1. The number of carbonyl (C=O) groups is 1. The van der Waals surface area contributed by atoms with Crippen molar-refractivity contribution in [1.82, 2.24) is 10.2 Å². The van der Waals surface area contributed by atoms with E-state index in [1.165, 1.54) is 0 Å². The number of nitrogens with zero attached hydrogens (tertiary/aromatic N) is 1. The van der Waals surface area contributed by atoms with Gasteiger partial charge in [0.15, 0.2) is 0 Å². The number of rotatable bonds is 6. The Labute approximate surface area is 97.0 Å². The van der Waals surface area contributed by atoms with Crippen molar-refractivity contribution in [2.24, 2.45) is 5.92 Å². The van der Waals surface area contributed by atoms with Crippen LogP contribution in [-0.4, -0.2) is 47.7 Å². The van der Waals surface area contributed by atoms with E-state index in [1.54, 1.807) is 0 Å². The van der Waals surface area contributed by atoms with Gasteiger partial charge in [0, 0.05) is 12.6 Å². The van der Waals surface area contributed by atoms with Crippen LogP contribution < -0.4 is 5.32 Å². The molecule has 0 aromatic heterocycles. The minimum Gasteiger partial charge on any atom is -0.392 e. The molecule has 2 rings (SSSR count). The molecule has 2 N–H and O–H groups in total. The Hall–Kier alpha value is -0.610. The number of hydrogen-bond donors (Lipinski definition) is 2. The molecule has 0 aromatic rings. The second kappa shape index (κ2) is 4.72. The summed E-state index contributed by atoms with van der Waals surface area (Å²) in [5.41, 5.74) is 0. The van der Waals surface area contributed by atoms with E-state index >= 15 is 0 Å². The fourth-order valence-corrected chi connectivity index (χ4v) is 1.83. The summed E-state index contributed by atoms with van der Waals surface area (Å²) in [5, 5.41) is 12.8. The molecule has 92 valence electrons. The second-order valence-corrected chi connectivity index (χ2v) is 5.30. The second-order valence-electron chi connectivity index (χ2n) is 5.30. The number of aliphatic hydroxyl groups is 1. The van der Waals surface area contributed by atoms with E-state index in [0.29, 0.717) is 18.5 Å². The van der Waals surface area contributed by atoms with Crippen molar-refractivity contribution in [1.29, 1.82) is 0 Å². The fourth-order valence-electron chi connectivity index (χ4n) is 1.83. The van der Waals surface area contributed by atoms with Gasteiger partial charge in [0.2, 0.25) is 5.91 Å². The van der Waals surface area contributed by atoms with Gasteiger partial charge in [-0.2, -0.15) is 0 Å². The largest absolute Gasteiger partial charge is 0.392 e. The quantitative estimate of drug-likeness (QED) is 0.687. The highest BCUT2D eigenvalue weighted by atomic mass is 16.3. The molecule has 2 fully saturated rings. The minimum absolute atomic E-state index is 0.0907. The maximum absolute atomic E-state index is 11.8. The maximum atomic E-state index is 11.8. The van der Waals surface area contributed by atoms with Crippen LogP contribution in [0.25, 0.3) is 0 Å². The van der Waals surface area contributed by atoms with Crippen molar-refractivity contribution in [3.63, 3.8) is 0 Å². The summed E-state index contributed by atoms with van der Waals surface area (Å²) >= 11 is 0. The molecule has 0 unspecified atom stereocenters. The van der Waals surface area contributed by atoms with Crippen LogP contribution in [0.5, 0.6) is 0 Å². The highest BCUT2D eigenvalue weighted by molar-refractivity contribution is 5.81. The van der Waals surface area contributed by atoms with Crippen LogP contribution >= 0.6 is 0 Å². The molecule has 2 aliphatic carbocycles. The van der Waals surface area contributed by atoms with E-state index in [0.717, 1.165) is 25.7 Å². The van der Waals surface area contributed by atoms with Crippen molar-refractivity contribution >= 4 is 5.91 Å². The molecule has 0 aliphatic heterocycles. The molecular formula is C12H22N2O2. The van der Waals surface area contributed by atoms with Gasteiger partial charge in [-0.25, -0.2) is 0 Å². The Morgan fingerprint density at radius 3 is 2.56 bits per heavy atom. The highest BCUT2D eigenvalue weighted by Crippen LogP contribution is 2.32. The summed E-state index contributed by atoms with van der Waals surface area (Å²) in [5.74, 6) is 0.564. The molecule has 0 bridgehead atoms. The van der Waals surface area contributed by atoms with Gasteiger partial charge in [-0.05, 0) is 45.6 Å². The summed E-state index contributed by atoms with van der Waals surface area (Å²) in [7, 11) is 1.91. The van der Waals surface area contributed by atoms with E-state index in [9.17, 15) is 9.90 Å². The van der Waals surface area contributed by atoms with Gasteiger partial charge in [0.05, 0.1) is 12.1 Å². The molecule has 16 heavy (non-hydrogen) atoms. The van der Waals surface area contributed by atoms with Crippen molar-refractivity contribution in [3.05, 3.63) is 0 Å². The summed E-state index contributed by atoms with van der Waals surface area (Å²) in [6, 6.07) is 0.269. The van der Waals surface area contributed by atoms with Crippen LogP contribution in [0.15, 0.2) is 0 Å². The van der Waals surface area contributed by atoms with Crippen LogP contribution in [0.1, 0.15) is 32.6 Å². The van der Waals surface area contributed by atoms with E-state index in [-0.39, 0.29) is 18.1 Å². The minimum atomic E-state index is -0.263. The third kappa shape index (κ3) is 3.19. The topological polar surface area (TPSA) is 52.6 Å². The van der Waals surface area contributed by atoms with Crippen LogP contribution in [-0.2, 0) is 4.79 Å². The Morgan fingerprint density at radius 1 is 1.44 bits per heavy atom. The molecular weight excluding hydrogens is 204 g/mol. The zero-order valence-corrected chi connectivity index (χ0v) is 10.1. The Morgan fingerprint density at radius 2 is 2.06 bits per heavy atom. The standard InChI is InChI=1S/C12H22N2O2/c1-8(12(16)13-10-5-6-10)14(2)7-11(15)9-3-4-9/h8-11,15H,3-7H2,1-2H3,(H,13,16)/t8-,11-/m0/s1. The van der Waals surface area contributed by atoms with Gasteiger partial charge in [0.1, 0.15) is 0 Å². The lowest BCUT2D eigenvalue weighted by atomic mass is 10.2. The molecule has 0 spiro atoms. The lowest BCUT2D eigenvalue weighted by Crippen LogP contribution is -2.46. The monoisotopic (exact) mass is 226 g/mol. The SMILES string of the molecule is C[C@@H](C(=O)NC1CC1)N(C)C[C@H](O)C1CC1. The molecule has 2 aliphatic rings. The predicted octanol–water partition coefficient (Wildman–Crippen LogP) is 0.356. The first-order chi connectivity index (χ1) is 7.58. The average Bonchev–Trinajstić information content (AvgIpc) is 3.08. The molecule has 2 atom stereocenters. The van der Waals surface area contributed by atoms with Crippen LogP contribution in [0.2, 0.25) is 0 Å². The fraction of sp³-hybridized carbons (Fsp3) is 0.917. The van der Waals surface area contributed by atoms with Gasteiger partial charge >= 0.3 is 0 Å². The predicted molar refractivity (Wildman–Crippen MR) is 62.0 cm³/mol. The van der Waals surface area contributed by atoms with Crippen LogP contribution in [0, 0.1) is 5.92 Å². The van der Waals surface area contributed by atoms with Gasteiger partial charge in [0.25, 0.3) is 0 Å². The molecule has 4 heteroatoms. The molecule has 4 nitrogen and oxygen atoms in total. The zero-order chi connectivity index (χ0) is 11.7. The van der Waals surface area contributed by atoms with E-state index in [1.807, 2.05) is 18.9 Å². The third-order valence-corrected chi connectivity index (χ3v) is 3.61. The first-order valence-corrected chi connectivity index (χ1v) is 6.26.